The predicted octanol–water partition coefficient (Wildman–Crippen LogP) is 3.51. The Kier molecular flexibility index (Phi) is 3.60. The number of hydrogen-bond donors (Lipinski definition) is 0. The highest BCUT2D eigenvalue weighted by Crippen LogP contribution is 2.23. The van der Waals surface area contributed by atoms with Crippen molar-refractivity contribution in [2.45, 2.75) is 6.92 Å². The van der Waals surface area contributed by atoms with E-state index in [2.05, 4.69) is 0 Å². The first-order valence-electron chi connectivity index (χ1n) is 5.68. The molecule has 2 nitrogen and oxygen atoms in total. The molecule has 0 atom stereocenters. The maximum atomic E-state index is 14.0. The number of carbonyl (C=O) groups is 1. The summed E-state index contributed by atoms with van der Waals surface area (Å²) in [7, 11) is 1.33. The lowest BCUT2D eigenvalue weighted by molar-refractivity contribution is 0.103. The highest BCUT2D eigenvalue weighted by atomic mass is 19.1. The van der Waals surface area contributed by atoms with Crippen molar-refractivity contribution in [2.75, 3.05) is 7.11 Å². The summed E-state index contributed by atoms with van der Waals surface area (Å²) in [5.41, 5.74) is 0.648. The summed E-state index contributed by atoms with van der Waals surface area (Å²) in [4.78, 5) is 12.2. The maximum Gasteiger partial charge on any atom is 0.196 e. The molecule has 2 rings (SSSR count). The highest BCUT2D eigenvalue weighted by molar-refractivity contribution is 6.10. The Morgan fingerprint density at radius 1 is 1.11 bits per heavy atom. The number of halogens is 2. The van der Waals surface area contributed by atoms with Gasteiger partial charge in [-0.1, -0.05) is 6.07 Å². The van der Waals surface area contributed by atoms with Crippen LogP contribution >= 0.6 is 0 Å². The van der Waals surface area contributed by atoms with Gasteiger partial charge in [0.2, 0.25) is 0 Å². The number of benzene rings is 2. The Labute approximate surface area is 109 Å². The minimum absolute atomic E-state index is 0.00520. The van der Waals surface area contributed by atoms with Crippen LogP contribution in [-0.2, 0) is 0 Å². The fourth-order valence-electron chi connectivity index (χ4n) is 1.87. The largest absolute Gasteiger partial charge is 0.494 e. The van der Waals surface area contributed by atoms with E-state index in [0.717, 1.165) is 0 Å². The van der Waals surface area contributed by atoms with Gasteiger partial charge < -0.3 is 4.74 Å². The summed E-state index contributed by atoms with van der Waals surface area (Å²) < 4.78 is 31.8. The van der Waals surface area contributed by atoms with E-state index in [1.54, 1.807) is 6.92 Å². The molecule has 0 aliphatic heterocycles. The topological polar surface area (TPSA) is 26.3 Å². The molecule has 19 heavy (non-hydrogen) atoms. The minimum atomic E-state index is -0.710. The summed E-state index contributed by atoms with van der Waals surface area (Å²) in [6.07, 6.45) is 0. The van der Waals surface area contributed by atoms with E-state index < -0.39 is 17.4 Å². The van der Waals surface area contributed by atoms with E-state index in [-0.39, 0.29) is 16.9 Å². The lowest BCUT2D eigenvalue weighted by atomic mass is 9.98. The van der Waals surface area contributed by atoms with Crippen molar-refractivity contribution in [3.8, 4) is 5.75 Å². The predicted molar refractivity (Wildman–Crippen MR) is 67.5 cm³/mol. The third kappa shape index (κ3) is 2.47. The van der Waals surface area contributed by atoms with Gasteiger partial charge >= 0.3 is 0 Å². The van der Waals surface area contributed by atoms with Gasteiger partial charge in [-0.3, -0.25) is 4.79 Å². The molecule has 0 N–H and O–H groups in total. The number of rotatable bonds is 3. The molecule has 0 heterocycles. The molecule has 0 saturated heterocycles. The second kappa shape index (κ2) is 5.18. The van der Waals surface area contributed by atoms with Crippen LogP contribution in [-0.4, -0.2) is 12.9 Å². The Balaban J connectivity index is 2.50. The standard InChI is InChI=1S/C15H12F2O2/c1-9-8-10(16)6-7-11(9)15(18)12-4-3-5-13(19-2)14(12)17/h3-8H,1-2H3. The first-order valence-corrected chi connectivity index (χ1v) is 5.68. The third-order valence-corrected chi connectivity index (χ3v) is 2.86. The van der Waals surface area contributed by atoms with Gasteiger partial charge in [-0.2, -0.15) is 0 Å². The van der Waals surface area contributed by atoms with Crippen LogP contribution in [0.15, 0.2) is 36.4 Å². The molecular weight excluding hydrogens is 250 g/mol. The zero-order chi connectivity index (χ0) is 14.0. The molecule has 4 heteroatoms. The molecule has 0 amide bonds. The number of hydrogen-bond acceptors (Lipinski definition) is 2. The van der Waals surface area contributed by atoms with Crippen LogP contribution in [0.25, 0.3) is 0 Å². The zero-order valence-corrected chi connectivity index (χ0v) is 10.5. The number of carbonyl (C=O) groups excluding carboxylic acids is 1. The maximum absolute atomic E-state index is 14.0. The van der Waals surface area contributed by atoms with Gasteiger partial charge in [0.25, 0.3) is 0 Å². The summed E-state index contributed by atoms with van der Waals surface area (Å²) in [5.74, 6) is -1.63. The Bertz CT molecular complexity index is 636. The van der Waals surface area contributed by atoms with E-state index in [0.29, 0.717) is 5.56 Å². The molecule has 0 spiro atoms. The molecule has 2 aromatic carbocycles. The SMILES string of the molecule is COc1cccc(C(=O)c2ccc(F)cc2C)c1F. The number of aryl methyl sites for hydroxylation is 1. The Hall–Kier alpha value is -2.23. The van der Waals surface area contributed by atoms with Gasteiger partial charge in [0.05, 0.1) is 12.7 Å². The second-order valence-corrected chi connectivity index (χ2v) is 4.11. The number of methoxy groups -OCH3 is 1. The van der Waals surface area contributed by atoms with Gasteiger partial charge in [-0.25, -0.2) is 8.78 Å². The van der Waals surface area contributed by atoms with E-state index >= 15 is 0 Å². The average Bonchev–Trinajstić information content (AvgIpc) is 2.38. The molecule has 98 valence electrons. The molecule has 0 bridgehead atoms. The summed E-state index contributed by atoms with van der Waals surface area (Å²) in [5, 5.41) is 0. The first kappa shape index (κ1) is 13.2. The Morgan fingerprint density at radius 3 is 2.47 bits per heavy atom. The first-order chi connectivity index (χ1) is 9.04. The fraction of sp³-hybridized carbons (Fsp3) is 0.133. The van der Waals surface area contributed by atoms with Crippen molar-refractivity contribution in [2.24, 2.45) is 0 Å². The van der Waals surface area contributed by atoms with Crippen LogP contribution in [0.5, 0.6) is 5.75 Å². The lowest BCUT2D eigenvalue weighted by Crippen LogP contribution is -2.07. The molecule has 0 aliphatic rings. The van der Waals surface area contributed by atoms with Crippen LogP contribution in [0.3, 0.4) is 0 Å². The average molecular weight is 262 g/mol. The van der Waals surface area contributed by atoms with Crippen LogP contribution in [0.1, 0.15) is 21.5 Å². The summed E-state index contributed by atoms with van der Waals surface area (Å²) in [6, 6.07) is 8.12. The normalized spacial score (nSPS) is 10.3. The number of ether oxygens (including phenoxy) is 1. The van der Waals surface area contributed by atoms with Gasteiger partial charge in [0, 0.05) is 5.56 Å². The molecule has 0 aromatic heterocycles. The van der Waals surface area contributed by atoms with Crippen molar-refractivity contribution in [1.29, 1.82) is 0 Å². The molecule has 0 fully saturated rings. The van der Waals surface area contributed by atoms with E-state index in [4.69, 9.17) is 4.74 Å². The van der Waals surface area contributed by atoms with Crippen molar-refractivity contribution < 1.29 is 18.3 Å². The van der Waals surface area contributed by atoms with Crippen LogP contribution in [0, 0.1) is 18.6 Å². The van der Waals surface area contributed by atoms with E-state index in [9.17, 15) is 13.6 Å². The second-order valence-electron chi connectivity index (χ2n) is 4.11. The zero-order valence-electron chi connectivity index (χ0n) is 10.5. The smallest absolute Gasteiger partial charge is 0.196 e. The third-order valence-electron chi connectivity index (χ3n) is 2.86. The number of ketones is 1. The van der Waals surface area contributed by atoms with Crippen LogP contribution in [0.2, 0.25) is 0 Å². The Morgan fingerprint density at radius 2 is 1.84 bits per heavy atom. The van der Waals surface area contributed by atoms with Gasteiger partial charge in [-0.05, 0) is 42.8 Å². The lowest BCUT2D eigenvalue weighted by Gasteiger charge is -2.08. The van der Waals surface area contributed by atoms with Crippen LogP contribution < -0.4 is 4.74 Å². The van der Waals surface area contributed by atoms with Crippen molar-refractivity contribution in [3.05, 3.63) is 64.7 Å². The minimum Gasteiger partial charge on any atom is -0.494 e. The monoisotopic (exact) mass is 262 g/mol. The van der Waals surface area contributed by atoms with E-state index in [1.165, 1.54) is 43.5 Å². The van der Waals surface area contributed by atoms with Crippen molar-refractivity contribution >= 4 is 5.78 Å². The van der Waals surface area contributed by atoms with Crippen LogP contribution in [0.4, 0.5) is 8.78 Å². The van der Waals surface area contributed by atoms with Crippen molar-refractivity contribution in [1.82, 2.24) is 0 Å². The summed E-state index contributed by atoms with van der Waals surface area (Å²) in [6.45, 7) is 1.61. The van der Waals surface area contributed by atoms with E-state index in [1.807, 2.05) is 0 Å². The molecule has 2 aromatic rings. The molecule has 0 saturated carbocycles. The highest BCUT2D eigenvalue weighted by Gasteiger charge is 2.18. The van der Waals surface area contributed by atoms with Crippen molar-refractivity contribution in [3.63, 3.8) is 0 Å². The molecule has 0 aliphatic carbocycles. The molecular formula is C15H12F2O2. The molecule has 0 radical (unpaired) electrons. The molecule has 0 unspecified atom stereocenters. The van der Waals surface area contributed by atoms with Gasteiger partial charge in [0.15, 0.2) is 17.3 Å². The van der Waals surface area contributed by atoms with Gasteiger partial charge in [0.1, 0.15) is 5.82 Å². The quantitative estimate of drug-likeness (QED) is 0.791. The fourth-order valence-corrected chi connectivity index (χ4v) is 1.87. The summed E-state index contributed by atoms with van der Waals surface area (Å²) >= 11 is 0. The van der Waals surface area contributed by atoms with Gasteiger partial charge in [-0.15, -0.1) is 0 Å².